The maximum absolute atomic E-state index is 11.7. The SMILES string of the molecule is CC(C)(C)C(=O)ON1CC(Cc2ccc(Cl)cc2)C1. The number of hydrogen-bond donors (Lipinski definition) is 0. The molecule has 0 N–H and O–H groups in total. The Hall–Kier alpha value is -1.06. The number of carbonyl (C=O) groups is 1. The van der Waals surface area contributed by atoms with E-state index in [2.05, 4.69) is 0 Å². The Labute approximate surface area is 119 Å². The lowest BCUT2D eigenvalue weighted by Crippen LogP contribution is -2.49. The predicted octanol–water partition coefficient (Wildman–Crippen LogP) is 3.32. The van der Waals surface area contributed by atoms with Gasteiger partial charge in [0.15, 0.2) is 0 Å². The van der Waals surface area contributed by atoms with Crippen LogP contribution in [0.1, 0.15) is 26.3 Å². The molecule has 1 saturated heterocycles. The number of hydrogen-bond acceptors (Lipinski definition) is 3. The number of rotatable bonds is 3. The van der Waals surface area contributed by atoms with Gasteiger partial charge in [-0.2, -0.15) is 0 Å². The maximum Gasteiger partial charge on any atom is 0.330 e. The molecule has 0 bridgehead atoms. The first-order valence-corrected chi connectivity index (χ1v) is 6.94. The summed E-state index contributed by atoms with van der Waals surface area (Å²) in [5.74, 6) is 0.381. The minimum absolute atomic E-state index is 0.169. The van der Waals surface area contributed by atoms with Crippen LogP contribution in [-0.4, -0.2) is 24.1 Å². The lowest BCUT2D eigenvalue weighted by molar-refractivity contribution is -0.228. The average Bonchev–Trinajstić information content (AvgIpc) is 2.27. The van der Waals surface area contributed by atoms with Crippen LogP contribution < -0.4 is 0 Å². The Balaban J connectivity index is 1.75. The summed E-state index contributed by atoms with van der Waals surface area (Å²) in [6, 6.07) is 7.91. The first-order valence-electron chi connectivity index (χ1n) is 6.56. The van der Waals surface area contributed by atoms with Gasteiger partial charge < -0.3 is 4.84 Å². The van der Waals surface area contributed by atoms with Crippen molar-refractivity contribution in [1.82, 2.24) is 5.06 Å². The van der Waals surface area contributed by atoms with Gasteiger partial charge in [-0.1, -0.05) is 23.7 Å². The highest BCUT2D eigenvalue weighted by Crippen LogP contribution is 2.24. The van der Waals surface area contributed by atoms with Crippen molar-refractivity contribution < 1.29 is 9.63 Å². The van der Waals surface area contributed by atoms with E-state index in [9.17, 15) is 4.79 Å². The molecule has 2 rings (SSSR count). The molecule has 0 atom stereocenters. The zero-order valence-electron chi connectivity index (χ0n) is 11.6. The molecule has 0 radical (unpaired) electrons. The van der Waals surface area contributed by atoms with Gasteiger partial charge in [0.1, 0.15) is 0 Å². The molecule has 19 heavy (non-hydrogen) atoms. The number of halogens is 1. The highest BCUT2D eigenvalue weighted by Gasteiger charge is 2.33. The third kappa shape index (κ3) is 3.95. The molecule has 1 aliphatic rings. The lowest BCUT2D eigenvalue weighted by atomic mass is 9.94. The van der Waals surface area contributed by atoms with Crippen molar-refractivity contribution in [3.63, 3.8) is 0 Å². The lowest BCUT2D eigenvalue weighted by Gasteiger charge is -2.38. The van der Waals surface area contributed by atoms with Crippen molar-refractivity contribution in [2.75, 3.05) is 13.1 Å². The smallest absolute Gasteiger partial charge is 0.330 e. The topological polar surface area (TPSA) is 29.5 Å². The first-order chi connectivity index (χ1) is 8.84. The number of hydroxylamine groups is 2. The molecule has 0 amide bonds. The van der Waals surface area contributed by atoms with Crippen LogP contribution in [0.25, 0.3) is 0 Å². The summed E-state index contributed by atoms with van der Waals surface area (Å²) in [4.78, 5) is 17.0. The summed E-state index contributed by atoms with van der Waals surface area (Å²) < 4.78 is 0. The average molecular weight is 282 g/mol. The van der Waals surface area contributed by atoms with Crippen molar-refractivity contribution in [2.24, 2.45) is 11.3 Å². The second-order valence-electron chi connectivity index (χ2n) is 6.17. The van der Waals surface area contributed by atoms with Gasteiger partial charge in [0.2, 0.25) is 0 Å². The third-order valence-electron chi connectivity index (χ3n) is 3.19. The van der Waals surface area contributed by atoms with E-state index in [0.29, 0.717) is 5.92 Å². The normalized spacial score (nSPS) is 17.1. The molecule has 4 heteroatoms. The van der Waals surface area contributed by atoms with Crippen LogP contribution in [0.5, 0.6) is 0 Å². The van der Waals surface area contributed by atoms with Crippen molar-refractivity contribution in [1.29, 1.82) is 0 Å². The monoisotopic (exact) mass is 281 g/mol. The zero-order valence-corrected chi connectivity index (χ0v) is 12.4. The molecule has 0 saturated carbocycles. The van der Waals surface area contributed by atoms with E-state index in [1.807, 2.05) is 45.0 Å². The molecule has 1 aromatic rings. The Bertz CT molecular complexity index is 444. The molecule has 104 valence electrons. The Morgan fingerprint density at radius 2 is 1.89 bits per heavy atom. The van der Waals surface area contributed by atoms with E-state index >= 15 is 0 Å². The van der Waals surface area contributed by atoms with Crippen LogP contribution in [0.4, 0.5) is 0 Å². The number of benzene rings is 1. The van der Waals surface area contributed by atoms with Crippen molar-refractivity contribution in [2.45, 2.75) is 27.2 Å². The highest BCUT2D eigenvalue weighted by atomic mass is 35.5. The molecule has 3 nitrogen and oxygen atoms in total. The maximum atomic E-state index is 11.7. The second-order valence-corrected chi connectivity index (χ2v) is 6.61. The van der Waals surface area contributed by atoms with Crippen molar-refractivity contribution in [3.8, 4) is 0 Å². The molecule has 1 aliphatic heterocycles. The summed E-state index contributed by atoms with van der Waals surface area (Å²) in [5, 5.41) is 2.51. The summed E-state index contributed by atoms with van der Waals surface area (Å²) in [6.45, 7) is 7.20. The van der Waals surface area contributed by atoms with Crippen molar-refractivity contribution >= 4 is 17.6 Å². The fourth-order valence-electron chi connectivity index (χ4n) is 1.93. The second kappa shape index (κ2) is 5.51. The van der Waals surface area contributed by atoms with Gasteiger partial charge in [0, 0.05) is 18.1 Å². The van der Waals surface area contributed by atoms with Crippen LogP contribution >= 0.6 is 11.6 Å². The summed E-state index contributed by atoms with van der Waals surface area (Å²) in [6.07, 6.45) is 1.00. The minimum Gasteiger partial charge on any atom is -0.367 e. The third-order valence-corrected chi connectivity index (χ3v) is 3.44. The Morgan fingerprint density at radius 3 is 2.42 bits per heavy atom. The molecule has 1 aromatic carbocycles. The van der Waals surface area contributed by atoms with Gasteiger partial charge in [-0.05, 0) is 50.8 Å². The Kier molecular flexibility index (Phi) is 4.16. The van der Waals surface area contributed by atoms with E-state index in [0.717, 1.165) is 24.5 Å². The van der Waals surface area contributed by atoms with E-state index in [1.54, 1.807) is 5.06 Å². The summed E-state index contributed by atoms with van der Waals surface area (Å²) >= 11 is 5.85. The molecular weight excluding hydrogens is 262 g/mol. The van der Waals surface area contributed by atoms with Gasteiger partial charge >= 0.3 is 5.97 Å². The van der Waals surface area contributed by atoms with Gasteiger partial charge in [0.05, 0.1) is 5.41 Å². The fraction of sp³-hybridized carbons (Fsp3) is 0.533. The molecule has 1 heterocycles. The van der Waals surface area contributed by atoms with E-state index < -0.39 is 5.41 Å². The zero-order chi connectivity index (χ0) is 14.0. The molecule has 0 aliphatic carbocycles. The highest BCUT2D eigenvalue weighted by molar-refractivity contribution is 6.30. The molecule has 1 fully saturated rings. The number of nitrogens with zero attached hydrogens (tertiary/aromatic N) is 1. The minimum atomic E-state index is -0.443. The molecule has 0 spiro atoms. The molecule has 0 unspecified atom stereocenters. The molecular formula is C15H20ClNO2. The quantitative estimate of drug-likeness (QED) is 0.851. The summed E-state index contributed by atoms with van der Waals surface area (Å²) in [7, 11) is 0. The van der Waals surface area contributed by atoms with Crippen molar-refractivity contribution in [3.05, 3.63) is 34.9 Å². The van der Waals surface area contributed by atoms with Gasteiger partial charge in [-0.3, -0.25) is 0 Å². The van der Waals surface area contributed by atoms with Crippen LogP contribution in [0.15, 0.2) is 24.3 Å². The largest absolute Gasteiger partial charge is 0.367 e. The van der Waals surface area contributed by atoms with E-state index in [4.69, 9.17) is 16.4 Å². The van der Waals surface area contributed by atoms with Gasteiger partial charge in [0.25, 0.3) is 0 Å². The van der Waals surface area contributed by atoms with Gasteiger partial charge in [-0.25, -0.2) is 4.79 Å². The van der Waals surface area contributed by atoms with E-state index in [-0.39, 0.29) is 5.97 Å². The fourth-order valence-corrected chi connectivity index (χ4v) is 2.06. The van der Waals surface area contributed by atoms with E-state index in [1.165, 1.54) is 5.56 Å². The standard InChI is InChI=1S/C15H20ClNO2/c1-15(2,3)14(18)19-17-9-12(10-17)8-11-4-6-13(16)7-5-11/h4-7,12H,8-10H2,1-3H3. The first kappa shape index (κ1) is 14.4. The van der Waals surface area contributed by atoms with Crippen LogP contribution in [0.2, 0.25) is 5.02 Å². The van der Waals surface area contributed by atoms with Gasteiger partial charge in [-0.15, -0.1) is 5.06 Å². The molecule has 0 aromatic heterocycles. The Morgan fingerprint density at radius 1 is 1.32 bits per heavy atom. The number of carbonyl (C=O) groups excluding carboxylic acids is 1. The summed E-state index contributed by atoms with van der Waals surface area (Å²) in [5.41, 5.74) is 0.831. The van der Waals surface area contributed by atoms with Crippen LogP contribution in [-0.2, 0) is 16.1 Å². The van der Waals surface area contributed by atoms with Crippen LogP contribution in [0.3, 0.4) is 0 Å². The van der Waals surface area contributed by atoms with Crippen LogP contribution in [0, 0.1) is 11.3 Å². The predicted molar refractivity (Wildman–Crippen MR) is 75.8 cm³/mol.